The van der Waals surface area contributed by atoms with Crippen molar-refractivity contribution in [1.29, 1.82) is 0 Å². The number of unbranched alkanes of at least 4 members (excludes halogenated alkanes) is 3. The van der Waals surface area contributed by atoms with Crippen molar-refractivity contribution in [3.05, 3.63) is 47.5 Å². The van der Waals surface area contributed by atoms with Gasteiger partial charge in [-0.05, 0) is 50.7 Å². The highest BCUT2D eigenvalue weighted by atomic mass is 14.0. The van der Waals surface area contributed by atoms with Gasteiger partial charge in [0, 0.05) is 0 Å². The lowest BCUT2D eigenvalue weighted by atomic mass is 10.00. The van der Waals surface area contributed by atoms with Crippen molar-refractivity contribution in [1.82, 2.24) is 0 Å². The van der Waals surface area contributed by atoms with E-state index in [4.69, 9.17) is 6.58 Å². The largest absolute Gasteiger partial charge is 0.0845 e. The monoisotopic (exact) mass is 201 g/mol. The summed E-state index contributed by atoms with van der Waals surface area (Å²) in [5.41, 5.74) is 4.28. The maximum Gasteiger partial charge on any atom is -0.0276 e. The first kappa shape index (κ1) is 12.0. The normalized spacial score (nSPS) is 10.3. The first-order chi connectivity index (χ1) is 7.24. The molecule has 0 aliphatic carbocycles. The number of rotatable bonds is 6. The standard InChI is InChI=1S/C15H21/c1-4-5-6-7-8-9-15-11-10-13(2)12-14(15)3/h1,4,10-12H,5-9H2,2-3H3. The van der Waals surface area contributed by atoms with Gasteiger partial charge >= 0.3 is 0 Å². The summed E-state index contributed by atoms with van der Waals surface area (Å²) in [6.45, 7) is 9.69. The second kappa shape index (κ2) is 6.44. The molecule has 0 fully saturated rings. The summed E-state index contributed by atoms with van der Waals surface area (Å²) in [5.74, 6) is 0. The van der Waals surface area contributed by atoms with Crippen molar-refractivity contribution < 1.29 is 0 Å². The second-order valence-electron chi connectivity index (χ2n) is 4.26. The molecular formula is C15H21. The molecule has 81 valence electrons. The van der Waals surface area contributed by atoms with Gasteiger partial charge in [0.25, 0.3) is 0 Å². The Morgan fingerprint density at radius 1 is 1.13 bits per heavy atom. The average Bonchev–Trinajstić information content (AvgIpc) is 2.20. The minimum atomic E-state index is 1.05. The molecule has 0 atom stereocenters. The molecule has 0 spiro atoms. The van der Waals surface area contributed by atoms with Crippen LogP contribution in [0.5, 0.6) is 0 Å². The van der Waals surface area contributed by atoms with Gasteiger partial charge in [0.1, 0.15) is 0 Å². The molecule has 0 bridgehead atoms. The number of hydrogen-bond donors (Lipinski definition) is 0. The van der Waals surface area contributed by atoms with Gasteiger partial charge in [-0.25, -0.2) is 0 Å². The maximum absolute atomic E-state index is 5.34. The van der Waals surface area contributed by atoms with Crippen LogP contribution in [0.3, 0.4) is 0 Å². The van der Waals surface area contributed by atoms with Crippen molar-refractivity contribution >= 4 is 0 Å². The predicted molar refractivity (Wildman–Crippen MR) is 67.0 cm³/mol. The van der Waals surface area contributed by atoms with E-state index in [-0.39, 0.29) is 0 Å². The zero-order chi connectivity index (χ0) is 11.1. The lowest BCUT2D eigenvalue weighted by molar-refractivity contribution is 0.685. The van der Waals surface area contributed by atoms with E-state index >= 15 is 0 Å². The average molecular weight is 201 g/mol. The quantitative estimate of drug-likeness (QED) is 0.599. The summed E-state index contributed by atoms with van der Waals surface area (Å²) < 4.78 is 0. The molecule has 0 N–H and O–H groups in total. The maximum atomic E-state index is 5.34. The highest BCUT2D eigenvalue weighted by Crippen LogP contribution is 2.14. The Kier molecular flexibility index (Phi) is 5.17. The van der Waals surface area contributed by atoms with Crippen molar-refractivity contribution in [3.63, 3.8) is 0 Å². The van der Waals surface area contributed by atoms with Gasteiger partial charge in [-0.1, -0.05) is 42.8 Å². The van der Waals surface area contributed by atoms with Gasteiger partial charge in [0.15, 0.2) is 0 Å². The van der Waals surface area contributed by atoms with Crippen molar-refractivity contribution in [3.8, 4) is 0 Å². The number of benzene rings is 1. The predicted octanol–water partition coefficient (Wildman–Crippen LogP) is 4.40. The van der Waals surface area contributed by atoms with Crippen LogP contribution in [0.4, 0.5) is 0 Å². The van der Waals surface area contributed by atoms with Gasteiger partial charge in [-0.3, -0.25) is 0 Å². The molecule has 15 heavy (non-hydrogen) atoms. The third kappa shape index (κ3) is 4.33. The molecule has 0 saturated carbocycles. The second-order valence-corrected chi connectivity index (χ2v) is 4.26. The summed E-state index contributed by atoms with van der Waals surface area (Å²) in [6, 6.07) is 6.73. The molecule has 0 unspecified atom stereocenters. The molecule has 1 radical (unpaired) electrons. The summed E-state index contributed by atoms with van der Waals surface area (Å²) in [6.07, 6.45) is 7.79. The summed E-state index contributed by atoms with van der Waals surface area (Å²) in [7, 11) is 0. The van der Waals surface area contributed by atoms with Crippen molar-refractivity contribution in [2.24, 2.45) is 0 Å². The zero-order valence-electron chi connectivity index (χ0n) is 9.92. The Bertz CT molecular complexity index is 310. The van der Waals surface area contributed by atoms with Crippen LogP contribution in [0, 0.1) is 20.4 Å². The van der Waals surface area contributed by atoms with E-state index in [2.05, 4.69) is 32.0 Å². The summed E-state index contributed by atoms with van der Waals surface area (Å²) >= 11 is 0. The number of hydrogen-bond acceptors (Lipinski definition) is 0. The number of aryl methyl sites for hydroxylation is 3. The van der Waals surface area contributed by atoms with Crippen LogP contribution in [0.15, 0.2) is 24.3 Å². The molecule has 0 amide bonds. The van der Waals surface area contributed by atoms with Gasteiger partial charge < -0.3 is 0 Å². The third-order valence-electron chi connectivity index (χ3n) is 2.82. The van der Waals surface area contributed by atoms with Gasteiger partial charge in [-0.2, -0.15) is 0 Å². The van der Waals surface area contributed by atoms with E-state index in [9.17, 15) is 0 Å². The highest BCUT2D eigenvalue weighted by molar-refractivity contribution is 5.30. The Morgan fingerprint density at radius 2 is 1.93 bits per heavy atom. The van der Waals surface area contributed by atoms with Crippen molar-refractivity contribution in [2.45, 2.75) is 46.0 Å². The van der Waals surface area contributed by atoms with E-state index < -0.39 is 0 Å². The summed E-state index contributed by atoms with van der Waals surface area (Å²) in [4.78, 5) is 0. The molecule has 0 aliphatic rings. The topological polar surface area (TPSA) is 0 Å². The molecule has 0 saturated heterocycles. The highest BCUT2D eigenvalue weighted by Gasteiger charge is 1.98. The third-order valence-corrected chi connectivity index (χ3v) is 2.82. The lowest BCUT2D eigenvalue weighted by Gasteiger charge is -2.06. The molecule has 0 nitrogen and oxygen atoms in total. The fourth-order valence-corrected chi connectivity index (χ4v) is 1.88. The minimum absolute atomic E-state index is 1.05. The van der Waals surface area contributed by atoms with Gasteiger partial charge in [-0.15, -0.1) is 0 Å². The van der Waals surface area contributed by atoms with E-state index in [1.165, 1.54) is 42.4 Å². The Balaban J connectivity index is 2.34. The van der Waals surface area contributed by atoms with Crippen LogP contribution in [0.1, 0.15) is 42.4 Å². The number of allylic oxidation sites excluding steroid dienone is 1. The van der Waals surface area contributed by atoms with Crippen LogP contribution < -0.4 is 0 Å². The van der Waals surface area contributed by atoms with Gasteiger partial charge in [0.05, 0.1) is 0 Å². The van der Waals surface area contributed by atoms with Crippen LogP contribution in [0.25, 0.3) is 0 Å². The lowest BCUT2D eigenvalue weighted by Crippen LogP contribution is -1.90. The molecule has 0 heterocycles. The first-order valence-electron chi connectivity index (χ1n) is 5.83. The van der Waals surface area contributed by atoms with Crippen LogP contribution in [-0.4, -0.2) is 0 Å². The molecule has 0 aromatic heterocycles. The van der Waals surface area contributed by atoms with Crippen LogP contribution in [0.2, 0.25) is 0 Å². The zero-order valence-corrected chi connectivity index (χ0v) is 9.92. The van der Waals surface area contributed by atoms with Gasteiger partial charge in [0.2, 0.25) is 0 Å². The van der Waals surface area contributed by atoms with E-state index in [1.54, 1.807) is 6.08 Å². The van der Waals surface area contributed by atoms with E-state index in [1.807, 2.05) is 0 Å². The molecule has 0 heteroatoms. The summed E-state index contributed by atoms with van der Waals surface area (Å²) in [5, 5.41) is 0. The van der Waals surface area contributed by atoms with Crippen molar-refractivity contribution in [2.75, 3.05) is 0 Å². The molecule has 0 aliphatic heterocycles. The SMILES string of the molecule is [CH]=CCCCCCc1ccc(C)cc1C. The fraction of sp³-hybridized carbons (Fsp3) is 0.467. The molecule has 1 rings (SSSR count). The molecule has 1 aromatic rings. The smallest absolute Gasteiger partial charge is 0.0276 e. The van der Waals surface area contributed by atoms with E-state index in [0.717, 1.165) is 6.42 Å². The fourth-order valence-electron chi connectivity index (χ4n) is 1.88. The molecular weight excluding hydrogens is 180 g/mol. The first-order valence-corrected chi connectivity index (χ1v) is 5.83. The Morgan fingerprint density at radius 3 is 2.60 bits per heavy atom. The van der Waals surface area contributed by atoms with Crippen LogP contribution >= 0.6 is 0 Å². The van der Waals surface area contributed by atoms with E-state index in [0.29, 0.717) is 0 Å². The minimum Gasteiger partial charge on any atom is -0.0845 e. The molecule has 1 aromatic carbocycles. The Labute approximate surface area is 94.0 Å². The Hall–Kier alpha value is -1.04. The van der Waals surface area contributed by atoms with Crippen LogP contribution in [-0.2, 0) is 6.42 Å².